The number of carbonyl (C=O) groups excluding carboxylic acids is 1. The average Bonchev–Trinajstić information content (AvgIpc) is 3.27. The molecule has 0 aliphatic rings. The smallest absolute Gasteiger partial charge is 0.307 e. The number of nitro groups is 1. The van der Waals surface area contributed by atoms with Crippen molar-refractivity contribution < 1.29 is 14.1 Å². The first-order chi connectivity index (χ1) is 15.2. The zero-order valence-corrected chi connectivity index (χ0v) is 18.2. The number of furan rings is 1. The van der Waals surface area contributed by atoms with Crippen molar-refractivity contribution in [2.75, 3.05) is 0 Å². The van der Waals surface area contributed by atoms with Gasteiger partial charge in [0.05, 0.1) is 11.1 Å². The van der Waals surface area contributed by atoms with E-state index in [-0.39, 0.29) is 11.4 Å². The van der Waals surface area contributed by atoms with Gasteiger partial charge >= 0.3 is 5.91 Å². The van der Waals surface area contributed by atoms with Gasteiger partial charge in [-0.15, -0.1) is 0 Å². The largest absolute Gasteiger partial charge is 0.451 e. The number of hydrogen-bond donors (Lipinski definition) is 1. The summed E-state index contributed by atoms with van der Waals surface area (Å²) < 4.78 is 7.63. The fourth-order valence-electron chi connectivity index (χ4n) is 3.87. The molecule has 8 nitrogen and oxygen atoms in total. The highest BCUT2D eigenvalue weighted by molar-refractivity contribution is 5.97. The average molecular weight is 430 g/mol. The minimum absolute atomic E-state index is 0.0263. The van der Waals surface area contributed by atoms with Crippen molar-refractivity contribution >= 4 is 28.8 Å². The maximum Gasteiger partial charge on any atom is 0.307 e. The van der Waals surface area contributed by atoms with Gasteiger partial charge in [-0.05, 0) is 69.2 Å². The van der Waals surface area contributed by atoms with E-state index in [1.807, 2.05) is 19.9 Å². The molecule has 1 N–H and O–H groups in total. The number of rotatable bonds is 5. The van der Waals surface area contributed by atoms with Gasteiger partial charge in [0.25, 0.3) is 5.69 Å². The number of aryl methyl sites for hydroxylation is 3. The van der Waals surface area contributed by atoms with Gasteiger partial charge in [-0.3, -0.25) is 14.9 Å². The number of carbonyl (C=O) groups is 1. The lowest BCUT2D eigenvalue weighted by Gasteiger charge is -2.11. The quantitative estimate of drug-likeness (QED) is 0.269. The number of nitro benzene ring substituents is 1. The van der Waals surface area contributed by atoms with Crippen LogP contribution in [0.2, 0.25) is 0 Å². The van der Waals surface area contributed by atoms with Gasteiger partial charge in [0.1, 0.15) is 5.58 Å². The summed E-state index contributed by atoms with van der Waals surface area (Å²) in [5.41, 5.74) is 9.16. The van der Waals surface area contributed by atoms with Crippen LogP contribution in [-0.4, -0.2) is 21.6 Å². The Kier molecular flexibility index (Phi) is 5.36. The van der Waals surface area contributed by atoms with Crippen LogP contribution in [0.5, 0.6) is 0 Å². The molecule has 0 spiro atoms. The SMILES string of the molecule is Cc1cc(C)cc(-n2c(C)cc(/C=N\NC(=O)c3cc4cc([N+](=O)[O-])ccc4o3)c2C)c1. The van der Waals surface area contributed by atoms with Crippen LogP contribution in [0.4, 0.5) is 5.69 Å². The Hall–Kier alpha value is -4.20. The van der Waals surface area contributed by atoms with Crippen molar-refractivity contribution in [3.05, 3.63) is 92.5 Å². The molecule has 2 aromatic heterocycles. The van der Waals surface area contributed by atoms with Crippen LogP contribution >= 0.6 is 0 Å². The lowest BCUT2D eigenvalue weighted by Crippen LogP contribution is -2.16. The van der Waals surface area contributed by atoms with Gasteiger partial charge in [-0.2, -0.15) is 5.10 Å². The van der Waals surface area contributed by atoms with Crippen LogP contribution in [0.3, 0.4) is 0 Å². The minimum atomic E-state index is -0.539. The zero-order valence-electron chi connectivity index (χ0n) is 18.2. The highest BCUT2D eigenvalue weighted by Gasteiger charge is 2.15. The summed E-state index contributed by atoms with van der Waals surface area (Å²) in [5.74, 6) is -0.512. The number of hydrogen-bond acceptors (Lipinski definition) is 5. The molecule has 0 aliphatic heterocycles. The fourth-order valence-corrected chi connectivity index (χ4v) is 3.87. The lowest BCUT2D eigenvalue weighted by molar-refractivity contribution is -0.384. The van der Waals surface area contributed by atoms with E-state index in [9.17, 15) is 14.9 Å². The second-order valence-corrected chi connectivity index (χ2v) is 7.80. The van der Waals surface area contributed by atoms with Gasteiger partial charge < -0.3 is 8.98 Å². The molecule has 0 atom stereocenters. The summed E-state index contributed by atoms with van der Waals surface area (Å²) in [4.78, 5) is 22.8. The normalized spacial score (nSPS) is 11.4. The van der Waals surface area contributed by atoms with Crippen molar-refractivity contribution in [1.82, 2.24) is 9.99 Å². The summed E-state index contributed by atoms with van der Waals surface area (Å²) in [6.07, 6.45) is 1.59. The highest BCUT2D eigenvalue weighted by Crippen LogP contribution is 2.24. The van der Waals surface area contributed by atoms with E-state index >= 15 is 0 Å². The molecule has 4 rings (SSSR count). The van der Waals surface area contributed by atoms with Crippen LogP contribution in [0.25, 0.3) is 16.7 Å². The monoisotopic (exact) mass is 430 g/mol. The molecule has 0 bridgehead atoms. The molecule has 4 aromatic rings. The molecule has 0 saturated heterocycles. The maximum atomic E-state index is 12.4. The van der Waals surface area contributed by atoms with E-state index in [0.717, 1.165) is 22.6 Å². The van der Waals surface area contributed by atoms with E-state index in [0.29, 0.717) is 11.0 Å². The van der Waals surface area contributed by atoms with Crippen LogP contribution in [0.15, 0.2) is 58.0 Å². The molecule has 0 aliphatic carbocycles. The predicted molar refractivity (Wildman–Crippen MR) is 123 cm³/mol. The Balaban J connectivity index is 1.53. The number of hydrazone groups is 1. The third-order valence-corrected chi connectivity index (χ3v) is 5.24. The molecule has 32 heavy (non-hydrogen) atoms. The Morgan fingerprint density at radius 1 is 1.06 bits per heavy atom. The van der Waals surface area contributed by atoms with Crippen molar-refractivity contribution in [3.63, 3.8) is 0 Å². The summed E-state index contributed by atoms with van der Waals surface area (Å²) in [6, 6.07) is 14.0. The second kappa shape index (κ2) is 8.14. The Morgan fingerprint density at radius 2 is 1.78 bits per heavy atom. The maximum absolute atomic E-state index is 12.4. The number of aromatic nitrogens is 1. The summed E-state index contributed by atoms with van der Waals surface area (Å²) in [5, 5.41) is 15.5. The number of non-ortho nitro benzene ring substituents is 1. The van der Waals surface area contributed by atoms with Gasteiger partial charge in [-0.1, -0.05) is 6.07 Å². The van der Waals surface area contributed by atoms with Gasteiger partial charge in [0.15, 0.2) is 5.76 Å². The van der Waals surface area contributed by atoms with Crippen LogP contribution < -0.4 is 5.43 Å². The first-order valence-corrected chi connectivity index (χ1v) is 10.0. The third kappa shape index (κ3) is 4.02. The molecule has 2 heterocycles. The van der Waals surface area contributed by atoms with E-state index in [1.54, 1.807) is 6.21 Å². The second-order valence-electron chi connectivity index (χ2n) is 7.80. The molecule has 0 radical (unpaired) electrons. The molecule has 1 amide bonds. The first-order valence-electron chi connectivity index (χ1n) is 10.0. The molecule has 0 saturated carbocycles. The Morgan fingerprint density at radius 3 is 2.47 bits per heavy atom. The van der Waals surface area contributed by atoms with Crippen LogP contribution in [-0.2, 0) is 0 Å². The van der Waals surface area contributed by atoms with Gasteiger partial charge in [0, 0.05) is 40.2 Å². The first kappa shape index (κ1) is 21.0. The summed E-state index contributed by atoms with van der Waals surface area (Å²) in [6.45, 7) is 8.16. The van der Waals surface area contributed by atoms with Crippen molar-refractivity contribution in [1.29, 1.82) is 0 Å². The topological polar surface area (TPSA) is 103 Å². The standard InChI is InChI=1S/C24H22N4O4/c1-14-7-15(2)9-21(8-14)27-16(3)10-19(17(27)4)13-25-26-24(29)23-12-18-11-20(28(30)31)5-6-22(18)32-23/h5-13H,1-4H3,(H,26,29)/b25-13-. The molecule has 162 valence electrons. The molecule has 0 unspecified atom stereocenters. The van der Waals surface area contributed by atoms with Gasteiger partial charge in [-0.25, -0.2) is 5.43 Å². The van der Waals surface area contributed by atoms with Gasteiger partial charge in [0.2, 0.25) is 0 Å². The molecular formula is C24H22N4O4. The third-order valence-electron chi connectivity index (χ3n) is 5.24. The number of fused-ring (bicyclic) bond motifs is 1. The van der Waals surface area contributed by atoms with E-state index in [2.05, 4.69) is 47.1 Å². The number of nitrogens with zero attached hydrogens (tertiary/aromatic N) is 3. The summed E-state index contributed by atoms with van der Waals surface area (Å²) >= 11 is 0. The molecule has 2 aromatic carbocycles. The number of amides is 1. The van der Waals surface area contributed by atoms with Crippen LogP contribution in [0.1, 0.15) is 38.6 Å². The van der Waals surface area contributed by atoms with Crippen LogP contribution in [0, 0.1) is 37.8 Å². The molecule has 8 heteroatoms. The Labute approximate surface area is 184 Å². The fraction of sp³-hybridized carbons (Fsp3) is 0.167. The predicted octanol–water partition coefficient (Wildman–Crippen LogP) is 5.13. The number of nitrogens with one attached hydrogen (secondary N) is 1. The lowest BCUT2D eigenvalue weighted by atomic mass is 10.1. The van der Waals surface area contributed by atoms with Crippen molar-refractivity contribution in [2.45, 2.75) is 27.7 Å². The molecular weight excluding hydrogens is 408 g/mol. The Bertz CT molecular complexity index is 1370. The van der Waals surface area contributed by atoms with E-state index in [1.165, 1.54) is 35.4 Å². The van der Waals surface area contributed by atoms with E-state index in [4.69, 9.17) is 4.42 Å². The van der Waals surface area contributed by atoms with Crippen molar-refractivity contribution in [2.24, 2.45) is 5.10 Å². The molecule has 0 fully saturated rings. The minimum Gasteiger partial charge on any atom is -0.451 e. The van der Waals surface area contributed by atoms with E-state index < -0.39 is 10.8 Å². The summed E-state index contributed by atoms with van der Waals surface area (Å²) in [7, 11) is 0. The highest BCUT2D eigenvalue weighted by atomic mass is 16.6. The number of benzene rings is 2. The zero-order chi connectivity index (χ0) is 23.0. The van der Waals surface area contributed by atoms with Crippen molar-refractivity contribution in [3.8, 4) is 5.69 Å².